The van der Waals surface area contributed by atoms with E-state index in [1.54, 1.807) is 19.2 Å². The summed E-state index contributed by atoms with van der Waals surface area (Å²) in [5.74, 6) is 0.964. The number of anilines is 1. The van der Waals surface area contributed by atoms with Gasteiger partial charge in [-0.15, -0.1) is 24.0 Å². The van der Waals surface area contributed by atoms with Gasteiger partial charge in [0.15, 0.2) is 5.96 Å². The van der Waals surface area contributed by atoms with E-state index < -0.39 is 0 Å². The lowest BCUT2D eigenvalue weighted by Gasteiger charge is -2.13. The molecule has 0 spiro atoms. The second kappa shape index (κ2) is 10.5. The molecule has 2 aromatic rings. The maximum Gasteiger partial charge on any atom is 0.193 e. The largest absolute Gasteiger partial charge is 0.495 e. The highest BCUT2D eigenvalue weighted by Gasteiger charge is 2.04. The van der Waals surface area contributed by atoms with Gasteiger partial charge in [0, 0.05) is 12.2 Å². The van der Waals surface area contributed by atoms with Crippen LogP contribution in [0, 0.1) is 0 Å². The van der Waals surface area contributed by atoms with Crippen LogP contribution in [0.4, 0.5) is 5.69 Å². The molecule has 0 unspecified atom stereocenters. The first kappa shape index (κ1) is 21.5. The second-order valence-electron chi connectivity index (χ2n) is 5.68. The SMILES string of the molecule is COc1ccc(NC(N)=NCc2ccccc2CN(C)C)cc1Cl.I. The summed E-state index contributed by atoms with van der Waals surface area (Å²) in [7, 11) is 5.67. The maximum atomic E-state index is 6.10. The van der Waals surface area contributed by atoms with Gasteiger partial charge in [-0.05, 0) is 43.4 Å². The molecular weight excluding hydrogens is 451 g/mol. The number of nitrogens with two attached hydrogens (primary N) is 1. The van der Waals surface area contributed by atoms with Crippen LogP contribution in [0.3, 0.4) is 0 Å². The topological polar surface area (TPSA) is 62.9 Å². The minimum absolute atomic E-state index is 0. The van der Waals surface area contributed by atoms with Gasteiger partial charge in [-0.25, -0.2) is 4.99 Å². The van der Waals surface area contributed by atoms with Crippen LogP contribution in [0.2, 0.25) is 5.02 Å². The van der Waals surface area contributed by atoms with Crippen LogP contribution in [0.5, 0.6) is 5.75 Å². The number of methoxy groups -OCH3 is 1. The van der Waals surface area contributed by atoms with E-state index in [1.807, 2.05) is 32.3 Å². The number of aliphatic imine (C=N–C) groups is 1. The first-order valence-corrected chi connectivity index (χ1v) is 7.99. The molecule has 0 amide bonds. The van der Waals surface area contributed by atoms with E-state index in [-0.39, 0.29) is 24.0 Å². The van der Waals surface area contributed by atoms with Crippen molar-refractivity contribution in [3.8, 4) is 5.75 Å². The highest BCUT2D eigenvalue weighted by atomic mass is 127. The van der Waals surface area contributed by atoms with E-state index in [9.17, 15) is 0 Å². The molecule has 0 aliphatic carbocycles. The summed E-state index contributed by atoms with van der Waals surface area (Å²) in [6, 6.07) is 13.6. The fourth-order valence-corrected chi connectivity index (χ4v) is 2.57. The Morgan fingerprint density at radius 1 is 1.20 bits per heavy atom. The Balaban J connectivity index is 0.00000312. The van der Waals surface area contributed by atoms with Gasteiger partial charge >= 0.3 is 0 Å². The highest BCUT2D eigenvalue weighted by Crippen LogP contribution is 2.27. The summed E-state index contributed by atoms with van der Waals surface area (Å²) >= 11 is 6.10. The lowest BCUT2D eigenvalue weighted by atomic mass is 10.1. The van der Waals surface area contributed by atoms with Gasteiger partial charge in [0.05, 0.1) is 18.7 Å². The summed E-state index contributed by atoms with van der Waals surface area (Å²) in [6.07, 6.45) is 0. The molecule has 25 heavy (non-hydrogen) atoms. The molecule has 0 heterocycles. The molecule has 0 saturated heterocycles. The first-order chi connectivity index (χ1) is 11.5. The van der Waals surface area contributed by atoms with E-state index in [0.717, 1.165) is 17.8 Å². The smallest absolute Gasteiger partial charge is 0.193 e. The van der Waals surface area contributed by atoms with Gasteiger partial charge in [-0.2, -0.15) is 0 Å². The van der Waals surface area contributed by atoms with Crippen LogP contribution in [-0.2, 0) is 13.1 Å². The van der Waals surface area contributed by atoms with E-state index >= 15 is 0 Å². The molecule has 0 atom stereocenters. The minimum atomic E-state index is 0. The van der Waals surface area contributed by atoms with Crippen LogP contribution >= 0.6 is 35.6 Å². The molecule has 0 fully saturated rings. The number of hydrogen-bond donors (Lipinski definition) is 2. The van der Waals surface area contributed by atoms with Crippen molar-refractivity contribution in [2.75, 3.05) is 26.5 Å². The number of guanidine groups is 1. The van der Waals surface area contributed by atoms with Crippen molar-refractivity contribution in [2.24, 2.45) is 10.7 Å². The molecule has 2 aromatic carbocycles. The number of nitrogens with one attached hydrogen (secondary N) is 1. The third-order valence-electron chi connectivity index (χ3n) is 3.45. The van der Waals surface area contributed by atoms with Crippen molar-refractivity contribution < 1.29 is 4.74 Å². The van der Waals surface area contributed by atoms with E-state index in [0.29, 0.717) is 23.3 Å². The van der Waals surface area contributed by atoms with Crippen LogP contribution in [-0.4, -0.2) is 32.1 Å². The molecule has 136 valence electrons. The van der Waals surface area contributed by atoms with Crippen molar-refractivity contribution in [1.82, 2.24) is 4.90 Å². The predicted molar refractivity (Wildman–Crippen MR) is 116 cm³/mol. The third-order valence-corrected chi connectivity index (χ3v) is 3.74. The Labute approximate surface area is 171 Å². The van der Waals surface area contributed by atoms with Gasteiger partial charge in [-0.1, -0.05) is 35.9 Å². The molecule has 0 aromatic heterocycles. The molecule has 0 aliphatic rings. The zero-order chi connectivity index (χ0) is 17.5. The maximum absolute atomic E-state index is 6.10. The zero-order valence-electron chi connectivity index (χ0n) is 14.6. The Hall–Kier alpha value is -1.51. The lowest BCUT2D eigenvalue weighted by Crippen LogP contribution is -2.22. The summed E-state index contributed by atoms with van der Waals surface area (Å²) in [5.41, 5.74) is 9.15. The molecule has 0 bridgehead atoms. The normalized spacial score (nSPS) is 11.2. The molecule has 0 aliphatic heterocycles. The van der Waals surface area contributed by atoms with E-state index in [4.69, 9.17) is 22.1 Å². The van der Waals surface area contributed by atoms with Gasteiger partial charge < -0.3 is 20.7 Å². The van der Waals surface area contributed by atoms with Gasteiger partial charge in [0.2, 0.25) is 0 Å². The molecule has 2 rings (SSSR count). The molecule has 7 heteroatoms. The standard InChI is InChI=1S/C18H23ClN4O.HI/c1-23(2)12-14-7-5-4-6-13(14)11-21-18(20)22-15-8-9-17(24-3)16(19)10-15;/h4-10H,11-12H2,1-3H3,(H3,20,21,22);1H. The monoisotopic (exact) mass is 474 g/mol. The van der Waals surface area contributed by atoms with Crippen molar-refractivity contribution in [1.29, 1.82) is 0 Å². The van der Waals surface area contributed by atoms with Gasteiger partial charge in [0.25, 0.3) is 0 Å². The Bertz CT molecular complexity index is 722. The number of rotatable bonds is 6. The number of nitrogens with zero attached hydrogens (tertiary/aromatic N) is 2. The van der Waals surface area contributed by atoms with Crippen molar-refractivity contribution >= 4 is 47.2 Å². The van der Waals surface area contributed by atoms with E-state index in [2.05, 4.69) is 27.3 Å². The van der Waals surface area contributed by atoms with Crippen LogP contribution in [0.25, 0.3) is 0 Å². The number of ether oxygens (including phenoxy) is 1. The highest BCUT2D eigenvalue weighted by molar-refractivity contribution is 14.0. The number of benzene rings is 2. The van der Waals surface area contributed by atoms with E-state index in [1.165, 1.54) is 5.56 Å². The molecular formula is C18H24ClIN4O. The summed E-state index contributed by atoms with van der Waals surface area (Å²) < 4.78 is 5.13. The Morgan fingerprint density at radius 2 is 1.88 bits per heavy atom. The number of hydrogen-bond acceptors (Lipinski definition) is 3. The minimum Gasteiger partial charge on any atom is -0.495 e. The van der Waals surface area contributed by atoms with Crippen LogP contribution in [0.1, 0.15) is 11.1 Å². The average Bonchev–Trinajstić information content (AvgIpc) is 2.54. The Kier molecular flexibility index (Phi) is 9.02. The number of halogens is 2. The van der Waals surface area contributed by atoms with Crippen molar-refractivity contribution in [3.63, 3.8) is 0 Å². The average molecular weight is 475 g/mol. The molecule has 0 radical (unpaired) electrons. The second-order valence-corrected chi connectivity index (χ2v) is 6.09. The quantitative estimate of drug-likeness (QED) is 0.378. The van der Waals surface area contributed by atoms with Crippen LogP contribution in [0.15, 0.2) is 47.5 Å². The fourth-order valence-electron chi connectivity index (χ4n) is 2.31. The van der Waals surface area contributed by atoms with Crippen molar-refractivity contribution in [3.05, 3.63) is 58.6 Å². The third kappa shape index (κ3) is 6.72. The first-order valence-electron chi connectivity index (χ1n) is 7.61. The molecule has 3 N–H and O–H groups in total. The fraction of sp³-hybridized carbons (Fsp3) is 0.278. The zero-order valence-corrected chi connectivity index (χ0v) is 17.7. The molecule has 5 nitrogen and oxygen atoms in total. The lowest BCUT2D eigenvalue weighted by molar-refractivity contribution is 0.401. The molecule has 0 saturated carbocycles. The van der Waals surface area contributed by atoms with Crippen LogP contribution < -0.4 is 15.8 Å². The van der Waals surface area contributed by atoms with Gasteiger partial charge in [0.1, 0.15) is 5.75 Å². The summed E-state index contributed by atoms with van der Waals surface area (Å²) in [4.78, 5) is 6.55. The van der Waals surface area contributed by atoms with Gasteiger partial charge in [-0.3, -0.25) is 0 Å². The predicted octanol–water partition coefficient (Wildman–Crippen LogP) is 3.96. The van der Waals surface area contributed by atoms with Crippen molar-refractivity contribution in [2.45, 2.75) is 13.1 Å². The summed E-state index contributed by atoms with van der Waals surface area (Å²) in [5, 5.41) is 3.56. The Morgan fingerprint density at radius 3 is 2.48 bits per heavy atom. The summed E-state index contributed by atoms with van der Waals surface area (Å²) in [6.45, 7) is 1.39.